The Morgan fingerprint density at radius 3 is 2.42 bits per heavy atom. The van der Waals surface area contributed by atoms with Gasteiger partial charge in [0.25, 0.3) is 0 Å². The molecule has 0 aliphatic carbocycles. The Balaban J connectivity index is 1.64. The maximum absolute atomic E-state index is 9.08. The van der Waals surface area contributed by atoms with Gasteiger partial charge in [0.2, 0.25) is 0 Å². The van der Waals surface area contributed by atoms with Crippen LogP contribution in [0.1, 0.15) is 24.8 Å². The van der Waals surface area contributed by atoms with E-state index in [-0.39, 0.29) is 19.1 Å². The third-order valence-corrected chi connectivity index (χ3v) is 4.49. The predicted molar refractivity (Wildman–Crippen MR) is 96.9 cm³/mol. The maximum Gasteiger partial charge on any atom is 0.135 e. The molecule has 0 atom stereocenters. The Hall–Kier alpha value is -2.10. The summed E-state index contributed by atoms with van der Waals surface area (Å²) in [5.74, 6) is 0.919. The molecule has 0 unspecified atom stereocenters. The largest absolute Gasteiger partial charge is 0.456 e. The zero-order valence-electron chi connectivity index (χ0n) is 13.8. The smallest absolute Gasteiger partial charge is 0.135 e. The number of furan rings is 1. The first-order valence-corrected chi connectivity index (χ1v) is 8.60. The summed E-state index contributed by atoms with van der Waals surface area (Å²) < 4.78 is 6.01. The van der Waals surface area contributed by atoms with Crippen molar-refractivity contribution in [2.45, 2.75) is 25.7 Å². The third-order valence-electron chi connectivity index (χ3n) is 4.49. The second-order valence-corrected chi connectivity index (χ2v) is 6.33. The zero-order valence-corrected chi connectivity index (χ0v) is 13.8. The molecule has 0 aliphatic heterocycles. The van der Waals surface area contributed by atoms with E-state index in [0.717, 1.165) is 48.0 Å². The Labute approximate surface area is 142 Å². The van der Waals surface area contributed by atoms with E-state index in [1.54, 1.807) is 0 Å². The molecule has 0 amide bonds. The van der Waals surface area contributed by atoms with Gasteiger partial charge in [0.15, 0.2) is 0 Å². The van der Waals surface area contributed by atoms with Gasteiger partial charge in [0.05, 0.1) is 0 Å². The van der Waals surface area contributed by atoms with E-state index in [1.165, 1.54) is 5.56 Å². The van der Waals surface area contributed by atoms with Gasteiger partial charge < -0.3 is 14.6 Å². The van der Waals surface area contributed by atoms with Gasteiger partial charge in [0.1, 0.15) is 11.3 Å². The van der Waals surface area contributed by atoms with Crippen LogP contribution in [0.15, 0.2) is 59.0 Å². The minimum absolute atomic E-state index is 0.0194. The Morgan fingerprint density at radius 2 is 1.67 bits per heavy atom. The Kier molecular flexibility index (Phi) is 5.68. The minimum atomic E-state index is 0.0194. The van der Waals surface area contributed by atoms with Crippen LogP contribution in [0.3, 0.4) is 0 Å². The summed E-state index contributed by atoms with van der Waals surface area (Å²) in [5, 5.41) is 19.3. The molecule has 1 aromatic heterocycles. The molecule has 3 rings (SSSR count). The number of aliphatic hydroxyl groups excluding tert-OH is 2. The van der Waals surface area contributed by atoms with E-state index in [2.05, 4.69) is 36.4 Å². The fraction of sp³-hybridized carbons (Fsp3) is 0.333. The van der Waals surface area contributed by atoms with Crippen LogP contribution in [0.2, 0.25) is 0 Å². The summed E-state index contributed by atoms with van der Waals surface area (Å²) >= 11 is 0. The summed E-state index contributed by atoms with van der Waals surface area (Å²) in [6.07, 6.45) is 3.92. The van der Waals surface area contributed by atoms with E-state index >= 15 is 0 Å². The number of aryl methyl sites for hydroxylation is 1. The van der Waals surface area contributed by atoms with Gasteiger partial charge in [-0.3, -0.25) is 0 Å². The maximum atomic E-state index is 9.08. The summed E-state index contributed by atoms with van der Waals surface area (Å²) in [4.78, 5) is 0. The molecule has 0 saturated heterocycles. The highest BCUT2D eigenvalue weighted by Crippen LogP contribution is 2.28. The fourth-order valence-electron chi connectivity index (χ4n) is 2.98. The predicted octanol–water partition coefficient (Wildman–Crippen LogP) is 4.41. The van der Waals surface area contributed by atoms with E-state index in [9.17, 15) is 0 Å². The van der Waals surface area contributed by atoms with Crippen LogP contribution in [0.4, 0.5) is 0 Å². The van der Waals surface area contributed by atoms with Gasteiger partial charge in [-0.15, -0.1) is 0 Å². The van der Waals surface area contributed by atoms with Crippen molar-refractivity contribution in [3.8, 4) is 11.3 Å². The van der Waals surface area contributed by atoms with Crippen LogP contribution >= 0.6 is 0 Å². The summed E-state index contributed by atoms with van der Waals surface area (Å²) in [6, 6.07) is 18.6. The quantitative estimate of drug-likeness (QED) is 0.603. The van der Waals surface area contributed by atoms with Gasteiger partial charge in [-0.1, -0.05) is 48.9 Å². The lowest BCUT2D eigenvalue weighted by Gasteiger charge is -2.09. The van der Waals surface area contributed by atoms with Crippen LogP contribution in [0.5, 0.6) is 0 Å². The number of benzene rings is 2. The number of hydrogen-bond acceptors (Lipinski definition) is 3. The van der Waals surface area contributed by atoms with E-state index in [4.69, 9.17) is 14.6 Å². The zero-order chi connectivity index (χ0) is 16.8. The molecular weight excluding hydrogens is 300 g/mol. The molecule has 3 nitrogen and oxygen atoms in total. The molecule has 0 saturated carbocycles. The van der Waals surface area contributed by atoms with Crippen LogP contribution in [0, 0.1) is 5.92 Å². The molecule has 1 heterocycles. The monoisotopic (exact) mass is 324 g/mol. The second-order valence-electron chi connectivity index (χ2n) is 6.33. The first kappa shape index (κ1) is 16.7. The van der Waals surface area contributed by atoms with Gasteiger partial charge in [-0.05, 0) is 37.0 Å². The van der Waals surface area contributed by atoms with Crippen molar-refractivity contribution in [2.75, 3.05) is 13.2 Å². The van der Waals surface area contributed by atoms with Crippen molar-refractivity contribution in [3.63, 3.8) is 0 Å². The van der Waals surface area contributed by atoms with Crippen molar-refractivity contribution >= 4 is 11.0 Å². The molecule has 0 bridgehead atoms. The van der Waals surface area contributed by atoms with Crippen molar-refractivity contribution in [1.29, 1.82) is 0 Å². The number of unbranched alkanes of at least 4 members (excludes halogenated alkanes) is 1. The minimum Gasteiger partial charge on any atom is -0.456 e. The van der Waals surface area contributed by atoms with Crippen LogP contribution in [-0.2, 0) is 6.42 Å². The SMILES string of the molecule is OCC(CO)CCCCc1ccc2cc(-c3ccccc3)oc2c1. The highest BCUT2D eigenvalue weighted by Gasteiger charge is 2.08. The second kappa shape index (κ2) is 8.13. The molecule has 0 fully saturated rings. The lowest BCUT2D eigenvalue weighted by molar-refractivity contribution is 0.142. The molecular formula is C21H24O3. The van der Waals surface area contributed by atoms with Crippen molar-refractivity contribution in [3.05, 3.63) is 60.2 Å². The highest BCUT2D eigenvalue weighted by atomic mass is 16.3. The average Bonchev–Trinajstić information content (AvgIpc) is 3.06. The third kappa shape index (κ3) is 4.05. The van der Waals surface area contributed by atoms with Crippen LogP contribution < -0.4 is 0 Å². The Morgan fingerprint density at radius 1 is 0.875 bits per heavy atom. The highest BCUT2D eigenvalue weighted by molar-refractivity contribution is 5.83. The molecule has 0 radical (unpaired) electrons. The molecule has 24 heavy (non-hydrogen) atoms. The van der Waals surface area contributed by atoms with Crippen molar-refractivity contribution in [1.82, 2.24) is 0 Å². The van der Waals surface area contributed by atoms with Gasteiger partial charge in [0, 0.05) is 30.1 Å². The first-order chi connectivity index (χ1) is 11.8. The van der Waals surface area contributed by atoms with Crippen molar-refractivity contribution in [2.24, 2.45) is 5.92 Å². The number of rotatable bonds is 8. The fourth-order valence-corrected chi connectivity index (χ4v) is 2.98. The van der Waals surface area contributed by atoms with Gasteiger partial charge >= 0.3 is 0 Å². The van der Waals surface area contributed by atoms with E-state index < -0.39 is 0 Å². The first-order valence-electron chi connectivity index (χ1n) is 8.60. The molecule has 3 aromatic rings. The standard InChI is InChI=1S/C21H24O3/c22-14-17(15-23)7-5-4-6-16-10-11-19-13-21(24-20(19)12-16)18-8-2-1-3-9-18/h1-3,8-13,17,22-23H,4-7,14-15H2. The van der Waals surface area contributed by atoms with E-state index in [1.807, 2.05) is 18.2 Å². The molecule has 0 spiro atoms. The lowest BCUT2D eigenvalue weighted by Crippen LogP contribution is -2.10. The topological polar surface area (TPSA) is 53.6 Å². The molecule has 126 valence electrons. The van der Waals surface area contributed by atoms with E-state index in [0.29, 0.717) is 0 Å². The summed E-state index contributed by atoms with van der Waals surface area (Å²) in [5.41, 5.74) is 3.28. The molecule has 0 aliphatic rings. The summed E-state index contributed by atoms with van der Waals surface area (Å²) in [6.45, 7) is 0.133. The summed E-state index contributed by atoms with van der Waals surface area (Å²) in [7, 11) is 0. The van der Waals surface area contributed by atoms with Crippen LogP contribution in [0.25, 0.3) is 22.3 Å². The Bertz CT molecular complexity index is 757. The number of aliphatic hydroxyl groups is 2. The molecule has 2 N–H and O–H groups in total. The normalized spacial score (nSPS) is 11.5. The van der Waals surface area contributed by atoms with Gasteiger partial charge in [-0.2, -0.15) is 0 Å². The molecule has 2 aromatic carbocycles. The van der Waals surface area contributed by atoms with Crippen molar-refractivity contribution < 1.29 is 14.6 Å². The van der Waals surface area contributed by atoms with Gasteiger partial charge in [-0.25, -0.2) is 0 Å². The number of hydrogen-bond donors (Lipinski definition) is 2. The van der Waals surface area contributed by atoms with Crippen LogP contribution in [-0.4, -0.2) is 23.4 Å². The number of fused-ring (bicyclic) bond motifs is 1. The molecule has 3 heteroatoms. The average molecular weight is 324 g/mol. The lowest BCUT2D eigenvalue weighted by atomic mass is 10.0.